The summed E-state index contributed by atoms with van der Waals surface area (Å²) in [5.74, 6) is 0.391. The zero-order valence-electron chi connectivity index (χ0n) is 10.4. The van der Waals surface area contributed by atoms with E-state index in [0.717, 1.165) is 6.42 Å². The Balaban J connectivity index is 2.45. The minimum Gasteiger partial charge on any atom is -0.385 e. The van der Waals surface area contributed by atoms with E-state index in [1.54, 1.807) is 0 Å². The second-order valence-corrected chi connectivity index (χ2v) is 4.52. The van der Waals surface area contributed by atoms with E-state index in [9.17, 15) is 5.11 Å². The molecule has 1 aliphatic rings. The van der Waals surface area contributed by atoms with Crippen LogP contribution in [0.2, 0.25) is 0 Å². The molecule has 5 nitrogen and oxygen atoms in total. The Labute approximate surface area is 97.1 Å². The number of hydrogen-bond donors (Lipinski definition) is 3. The van der Waals surface area contributed by atoms with Crippen LogP contribution in [0.25, 0.3) is 0 Å². The highest BCUT2D eigenvalue weighted by molar-refractivity contribution is 5.78. The summed E-state index contributed by atoms with van der Waals surface area (Å²) in [6.45, 7) is 6.86. The minimum atomic E-state index is -0.859. The molecule has 1 rings (SSSR count). The Morgan fingerprint density at radius 1 is 1.75 bits per heavy atom. The summed E-state index contributed by atoms with van der Waals surface area (Å²) in [7, 11) is 0. The summed E-state index contributed by atoms with van der Waals surface area (Å²) in [5.41, 5.74) is 4.86. The second kappa shape index (κ2) is 5.50. The molecule has 1 aliphatic heterocycles. The van der Waals surface area contributed by atoms with Gasteiger partial charge in [0.2, 0.25) is 0 Å². The molecule has 3 unspecified atom stereocenters. The third-order valence-electron chi connectivity index (χ3n) is 3.19. The first-order valence-electron chi connectivity index (χ1n) is 5.88. The Hall–Kier alpha value is -0.810. The van der Waals surface area contributed by atoms with Crippen LogP contribution in [0.5, 0.6) is 0 Å². The number of aliphatic hydroxyl groups is 1. The number of nitrogens with zero attached hydrogens (tertiary/aromatic N) is 1. The van der Waals surface area contributed by atoms with Gasteiger partial charge in [-0.2, -0.15) is 0 Å². The first kappa shape index (κ1) is 13.3. The molecule has 0 radical (unpaired) electrons. The molecule has 0 saturated carbocycles. The van der Waals surface area contributed by atoms with Crippen LogP contribution in [-0.4, -0.2) is 42.0 Å². The van der Waals surface area contributed by atoms with Gasteiger partial charge in [0.1, 0.15) is 5.60 Å². The van der Waals surface area contributed by atoms with Gasteiger partial charge in [0.25, 0.3) is 0 Å². The summed E-state index contributed by atoms with van der Waals surface area (Å²) in [6, 6.07) is 0.302. The fourth-order valence-corrected chi connectivity index (χ4v) is 1.60. The van der Waals surface area contributed by atoms with E-state index in [4.69, 9.17) is 10.5 Å². The highest BCUT2D eigenvalue weighted by Gasteiger charge is 2.39. The Morgan fingerprint density at radius 3 is 2.94 bits per heavy atom. The predicted octanol–water partition coefficient (Wildman–Crippen LogP) is 0.229. The largest absolute Gasteiger partial charge is 0.385 e. The molecule has 4 N–H and O–H groups in total. The fraction of sp³-hybridized carbons (Fsp3) is 0.909. The van der Waals surface area contributed by atoms with E-state index in [1.165, 1.54) is 0 Å². The number of nitrogens with one attached hydrogen (secondary N) is 1. The van der Waals surface area contributed by atoms with Crippen molar-refractivity contribution in [1.82, 2.24) is 5.32 Å². The number of rotatable bonds is 4. The Kier molecular flexibility index (Phi) is 4.56. The van der Waals surface area contributed by atoms with Gasteiger partial charge in [0, 0.05) is 19.1 Å². The number of hydrogen-bond acceptors (Lipinski definition) is 3. The van der Waals surface area contributed by atoms with Gasteiger partial charge in [-0.05, 0) is 20.3 Å². The monoisotopic (exact) mass is 229 g/mol. The summed E-state index contributed by atoms with van der Waals surface area (Å²) in [4.78, 5) is 4.17. The first-order valence-corrected chi connectivity index (χ1v) is 5.88. The van der Waals surface area contributed by atoms with Crippen LogP contribution < -0.4 is 11.1 Å². The molecule has 0 aliphatic carbocycles. The number of guanidine groups is 1. The fourth-order valence-electron chi connectivity index (χ4n) is 1.60. The Bertz CT molecular complexity index is 258. The van der Waals surface area contributed by atoms with E-state index in [1.807, 2.05) is 13.8 Å². The number of aliphatic imine (C=N–C) groups is 1. The molecule has 0 aromatic carbocycles. The molecular weight excluding hydrogens is 206 g/mol. The summed E-state index contributed by atoms with van der Waals surface area (Å²) >= 11 is 0. The quantitative estimate of drug-likeness (QED) is 0.476. The van der Waals surface area contributed by atoms with E-state index in [0.29, 0.717) is 31.6 Å². The van der Waals surface area contributed by atoms with Crippen LogP contribution in [0.1, 0.15) is 33.6 Å². The SMILES string of the molecule is CCC(C)NC(N)=NCC1(O)CCOC1C. The average molecular weight is 229 g/mol. The van der Waals surface area contributed by atoms with Crippen molar-refractivity contribution < 1.29 is 9.84 Å². The molecule has 94 valence electrons. The van der Waals surface area contributed by atoms with Gasteiger partial charge in [0.15, 0.2) is 5.96 Å². The molecule has 0 aromatic rings. The lowest BCUT2D eigenvalue weighted by atomic mass is 9.97. The third kappa shape index (κ3) is 3.35. The first-order chi connectivity index (χ1) is 7.48. The van der Waals surface area contributed by atoms with Gasteiger partial charge in [-0.3, -0.25) is 4.99 Å². The highest BCUT2D eigenvalue weighted by Crippen LogP contribution is 2.25. The van der Waals surface area contributed by atoms with Crippen LogP contribution in [0, 0.1) is 0 Å². The zero-order valence-corrected chi connectivity index (χ0v) is 10.4. The van der Waals surface area contributed by atoms with Gasteiger partial charge in [-0.1, -0.05) is 6.92 Å². The molecule has 0 spiro atoms. The van der Waals surface area contributed by atoms with Crippen molar-refractivity contribution in [2.45, 2.75) is 51.4 Å². The van der Waals surface area contributed by atoms with Crippen LogP contribution >= 0.6 is 0 Å². The van der Waals surface area contributed by atoms with Crippen LogP contribution in [-0.2, 0) is 4.74 Å². The zero-order chi connectivity index (χ0) is 12.2. The normalized spacial score (nSPS) is 32.8. The van der Waals surface area contributed by atoms with E-state index in [2.05, 4.69) is 17.2 Å². The van der Waals surface area contributed by atoms with Gasteiger partial charge in [0.05, 0.1) is 12.6 Å². The van der Waals surface area contributed by atoms with Gasteiger partial charge in [-0.25, -0.2) is 0 Å². The predicted molar refractivity (Wildman–Crippen MR) is 64.4 cm³/mol. The molecule has 16 heavy (non-hydrogen) atoms. The van der Waals surface area contributed by atoms with E-state index >= 15 is 0 Å². The Morgan fingerprint density at radius 2 is 2.44 bits per heavy atom. The lowest BCUT2D eigenvalue weighted by Crippen LogP contribution is -2.43. The molecular formula is C11H23N3O2. The smallest absolute Gasteiger partial charge is 0.188 e. The van der Waals surface area contributed by atoms with Crippen LogP contribution in [0.4, 0.5) is 0 Å². The number of nitrogens with two attached hydrogens (primary N) is 1. The van der Waals surface area contributed by atoms with Crippen molar-refractivity contribution in [3.63, 3.8) is 0 Å². The van der Waals surface area contributed by atoms with Crippen molar-refractivity contribution in [3.05, 3.63) is 0 Å². The maximum absolute atomic E-state index is 10.2. The van der Waals surface area contributed by atoms with Crippen molar-refractivity contribution >= 4 is 5.96 Å². The average Bonchev–Trinajstić information content (AvgIpc) is 2.57. The molecule has 0 bridgehead atoms. The lowest BCUT2D eigenvalue weighted by molar-refractivity contribution is -0.0201. The van der Waals surface area contributed by atoms with Gasteiger partial charge in [-0.15, -0.1) is 0 Å². The highest BCUT2D eigenvalue weighted by atomic mass is 16.5. The summed E-state index contributed by atoms with van der Waals surface area (Å²) in [5, 5.41) is 13.2. The molecule has 3 atom stereocenters. The topological polar surface area (TPSA) is 79.9 Å². The molecule has 0 aromatic heterocycles. The third-order valence-corrected chi connectivity index (χ3v) is 3.19. The van der Waals surface area contributed by atoms with Crippen LogP contribution in [0.15, 0.2) is 4.99 Å². The second-order valence-electron chi connectivity index (χ2n) is 4.52. The maximum Gasteiger partial charge on any atom is 0.188 e. The van der Waals surface area contributed by atoms with Gasteiger partial charge >= 0.3 is 0 Å². The standard InChI is InChI=1S/C11H23N3O2/c1-4-8(2)14-10(12)13-7-11(15)5-6-16-9(11)3/h8-9,15H,4-7H2,1-3H3,(H3,12,13,14). The van der Waals surface area contributed by atoms with Crippen molar-refractivity contribution in [2.75, 3.05) is 13.2 Å². The number of ether oxygens (including phenoxy) is 1. The molecule has 5 heteroatoms. The summed E-state index contributed by atoms with van der Waals surface area (Å²) < 4.78 is 5.32. The molecule has 1 saturated heterocycles. The maximum atomic E-state index is 10.2. The van der Waals surface area contributed by atoms with Gasteiger partial charge < -0.3 is 20.9 Å². The molecule has 1 fully saturated rings. The summed E-state index contributed by atoms with van der Waals surface area (Å²) in [6.07, 6.45) is 1.43. The minimum absolute atomic E-state index is 0.173. The molecule has 0 amide bonds. The van der Waals surface area contributed by atoms with Crippen LogP contribution in [0.3, 0.4) is 0 Å². The van der Waals surface area contributed by atoms with Crippen molar-refractivity contribution in [3.8, 4) is 0 Å². The van der Waals surface area contributed by atoms with E-state index < -0.39 is 5.60 Å². The van der Waals surface area contributed by atoms with Crippen molar-refractivity contribution in [2.24, 2.45) is 10.7 Å². The van der Waals surface area contributed by atoms with E-state index in [-0.39, 0.29) is 6.10 Å². The lowest BCUT2D eigenvalue weighted by Gasteiger charge is -2.24. The molecule has 1 heterocycles. The van der Waals surface area contributed by atoms with Crippen molar-refractivity contribution in [1.29, 1.82) is 0 Å².